The van der Waals surface area contributed by atoms with E-state index in [1.807, 2.05) is 36.4 Å². The molecule has 0 bridgehead atoms. The molecule has 0 aliphatic rings. The molecule has 0 saturated carbocycles. The molecule has 1 aromatic heterocycles. The van der Waals surface area contributed by atoms with Crippen LogP contribution in [0.5, 0.6) is 0 Å². The Morgan fingerprint density at radius 3 is 2.61 bits per heavy atom. The summed E-state index contributed by atoms with van der Waals surface area (Å²) in [5, 5.41) is 9.33. The van der Waals surface area contributed by atoms with Crippen molar-refractivity contribution in [2.75, 3.05) is 32.0 Å². The lowest BCUT2D eigenvalue weighted by Crippen LogP contribution is -2.39. The van der Waals surface area contributed by atoms with Crippen LogP contribution in [0.25, 0.3) is 21.7 Å². The largest absolute Gasteiger partial charge is 0.383 e. The maximum Gasteiger partial charge on any atom is 0.243 e. The summed E-state index contributed by atoms with van der Waals surface area (Å²) in [5.74, 6) is -0.380. The molecule has 0 spiro atoms. The van der Waals surface area contributed by atoms with Crippen molar-refractivity contribution in [2.24, 2.45) is 0 Å². The number of rotatable bonds is 8. The van der Waals surface area contributed by atoms with Crippen molar-refractivity contribution in [1.82, 2.24) is 14.6 Å². The molecule has 1 amide bonds. The molecule has 0 unspecified atom stereocenters. The number of likely N-dealkylation sites (N-methyl/N-ethyl adjacent to an activating group) is 1. The molecule has 0 aliphatic heterocycles. The molecule has 7 nitrogen and oxygen atoms in total. The highest BCUT2D eigenvalue weighted by atomic mass is 35.5. The molecule has 33 heavy (non-hydrogen) atoms. The lowest BCUT2D eigenvalue weighted by molar-refractivity contribution is -0.121. The van der Waals surface area contributed by atoms with E-state index in [4.69, 9.17) is 11.6 Å². The zero-order chi connectivity index (χ0) is 23.4. The Hall–Kier alpha value is -3.20. The average molecular weight is 483 g/mol. The number of sulfonamides is 1. The number of aromatic nitrogens is 1. The van der Waals surface area contributed by atoms with E-state index in [-0.39, 0.29) is 17.3 Å². The molecule has 0 radical (unpaired) electrons. The fourth-order valence-corrected chi connectivity index (χ4v) is 4.85. The van der Waals surface area contributed by atoms with Gasteiger partial charge >= 0.3 is 0 Å². The number of benzene rings is 3. The minimum atomic E-state index is -3.79. The van der Waals surface area contributed by atoms with Gasteiger partial charge in [0.05, 0.1) is 17.0 Å². The SMILES string of the molecule is CN(CC(=O)NCCNc1ccnc2cc(Cl)ccc12)S(=O)(=O)c1ccc2ccccc2c1. The molecule has 9 heteroatoms. The number of hydrogen-bond acceptors (Lipinski definition) is 5. The van der Waals surface area contributed by atoms with Crippen LogP contribution in [0.4, 0.5) is 5.69 Å². The Labute approximate surface area is 197 Å². The van der Waals surface area contributed by atoms with Gasteiger partial charge in [-0.3, -0.25) is 9.78 Å². The van der Waals surface area contributed by atoms with Gasteiger partial charge in [0.1, 0.15) is 0 Å². The third-order valence-corrected chi connectivity index (χ3v) is 7.30. The minimum Gasteiger partial charge on any atom is -0.383 e. The predicted octanol–water partition coefficient (Wildman–Crippen LogP) is 3.89. The molecule has 4 aromatic rings. The van der Waals surface area contributed by atoms with Gasteiger partial charge in [0, 0.05) is 42.4 Å². The lowest BCUT2D eigenvalue weighted by atomic mass is 10.1. The highest BCUT2D eigenvalue weighted by Crippen LogP contribution is 2.24. The molecule has 0 atom stereocenters. The quantitative estimate of drug-likeness (QED) is 0.372. The van der Waals surface area contributed by atoms with E-state index < -0.39 is 10.0 Å². The molecule has 0 saturated heterocycles. The first-order chi connectivity index (χ1) is 15.8. The molecule has 0 fully saturated rings. The molecule has 0 aliphatic carbocycles. The molecular weight excluding hydrogens is 460 g/mol. The van der Waals surface area contributed by atoms with E-state index in [9.17, 15) is 13.2 Å². The molecule has 170 valence electrons. The van der Waals surface area contributed by atoms with E-state index in [1.54, 1.807) is 36.5 Å². The van der Waals surface area contributed by atoms with Crippen molar-refractivity contribution in [3.63, 3.8) is 0 Å². The lowest BCUT2D eigenvalue weighted by Gasteiger charge is -2.17. The summed E-state index contributed by atoms with van der Waals surface area (Å²) < 4.78 is 26.8. The normalized spacial score (nSPS) is 11.7. The average Bonchev–Trinajstić information content (AvgIpc) is 2.81. The van der Waals surface area contributed by atoms with Crippen LogP contribution in [0.1, 0.15) is 0 Å². The maximum absolute atomic E-state index is 12.9. The van der Waals surface area contributed by atoms with Crippen LogP contribution in [0.2, 0.25) is 5.02 Å². The van der Waals surface area contributed by atoms with Gasteiger partial charge in [-0.2, -0.15) is 4.31 Å². The van der Waals surface area contributed by atoms with E-state index in [0.717, 1.165) is 31.7 Å². The monoisotopic (exact) mass is 482 g/mol. The van der Waals surface area contributed by atoms with Crippen molar-refractivity contribution in [3.05, 3.63) is 77.9 Å². The Morgan fingerprint density at radius 1 is 1.00 bits per heavy atom. The third kappa shape index (κ3) is 5.24. The van der Waals surface area contributed by atoms with Gasteiger partial charge in [0.2, 0.25) is 15.9 Å². The van der Waals surface area contributed by atoms with Crippen LogP contribution in [0.15, 0.2) is 77.8 Å². The number of carbonyl (C=O) groups excluding carboxylic acids is 1. The molecule has 2 N–H and O–H groups in total. The first-order valence-corrected chi connectivity index (χ1v) is 12.2. The Kier molecular flexibility index (Phi) is 6.78. The summed E-state index contributed by atoms with van der Waals surface area (Å²) >= 11 is 6.02. The number of anilines is 1. The van der Waals surface area contributed by atoms with Gasteiger partial charge in [-0.25, -0.2) is 8.42 Å². The number of halogens is 1. The van der Waals surface area contributed by atoms with Gasteiger partial charge in [0.15, 0.2) is 0 Å². The van der Waals surface area contributed by atoms with E-state index in [0.29, 0.717) is 18.1 Å². The van der Waals surface area contributed by atoms with Crippen molar-refractivity contribution in [2.45, 2.75) is 4.90 Å². The summed E-state index contributed by atoms with van der Waals surface area (Å²) in [4.78, 5) is 16.8. The standard InChI is InChI=1S/C24H23ClN4O3S/c1-29(33(31,32)20-8-6-17-4-2-3-5-18(17)14-20)16-24(30)28-13-12-27-22-10-11-26-23-15-19(25)7-9-21(22)23/h2-11,14-15H,12-13,16H2,1H3,(H,26,27)(H,28,30). The minimum absolute atomic E-state index is 0.155. The van der Waals surface area contributed by atoms with E-state index in [2.05, 4.69) is 15.6 Å². The number of fused-ring (bicyclic) bond motifs is 2. The second-order valence-corrected chi connectivity index (χ2v) is 10.0. The van der Waals surface area contributed by atoms with Gasteiger partial charge < -0.3 is 10.6 Å². The Balaban J connectivity index is 1.32. The van der Waals surface area contributed by atoms with Crippen LogP contribution in [0, 0.1) is 0 Å². The highest BCUT2D eigenvalue weighted by molar-refractivity contribution is 7.89. The van der Waals surface area contributed by atoms with Crippen LogP contribution in [-0.4, -0.2) is 50.3 Å². The van der Waals surface area contributed by atoms with Crippen LogP contribution >= 0.6 is 11.6 Å². The van der Waals surface area contributed by atoms with Gasteiger partial charge in [-0.05, 0) is 47.2 Å². The first-order valence-electron chi connectivity index (χ1n) is 10.3. The third-order valence-electron chi connectivity index (χ3n) is 5.26. The summed E-state index contributed by atoms with van der Waals surface area (Å²) in [7, 11) is -2.39. The number of nitrogens with zero attached hydrogens (tertiary/aromatic N) is 2. The van der Waals surface area contributed by atoms with Crippen LogP contribution < -0.4 is 10.6 Å². The molecular formula is C24H23ClN4O3S. The topological polar surface area (TPSA) is 91.4 Å². The smallest absolute Gasteiger partial charge is 0.243 e. The zero-order valence-electron chi connectivity index (χ0n) is 18.0. The molecule has 4 rings (SSSR count). The number of pyridine rings is 1. The fraction of sp³-hybridized carbons (Fsp3) is 0.167. The number of carbonyl (C=O) groups is 1. The number of hydrogen-bond donors (Lipinski definition) is 2. The fourth-order valence-electron chi connectivity index (χ4n) is 3.53. The summed E-state index contributed by atoms with van der Waals surface area (Å²) in [5.41, 5.74) is 1.65. The van der Waals surface area contributed by atoms with Crippen molar-refractivity contribution >= 4 is 54.9 Å². The zero-order valence-corrected chi connectivity index (χ0v) is 19.5. The highest BCUT2D eigenvalue weighted by Gasteiger charge is 2.23. The molecule has 3 aromatic carbocycles. The van der Waals surface area contributed by atoms with Crippen molar-refractivity contribution in [1.29, 1.82) is 0 Å². The van der Waals surface area contributed by atoms with Crippen LogP contribution in [-0.2, 0) is 14.8 Å². The number of amides is 1. The van der Waals surface area contributed by atoms with Crippen molar-refractivity contribution < 1.29 is 13.2 Å². The summed E-state index contributed by atoms with van der Waals surface area (Å²) in [6.45, 7) is 0.528. The first kappa shape index (κ1) is 23.0. The summed E-state index contributed by atoms with van der Waals surface area (Å²) in [6, 6.07) is 19.8. The predicted molar refractivity (Wildman–Crippen MR) is 132 cm³/mol. The Bertz CT molecular complexity index is 1430. The van der Waals surface area contributed by atoms with E-state index in [1.165, 1.54) is 7.05 Å². The van der Waals surface area contributed by atoms with Gasteiger partial charge in [-0.1, -0.05) is 41.9 Å². The van der Waals surface area contributed by atoms with Gasteiger partial charge in [0.25, 0.3) is 0 Å². The second-order valence-electron chi connectivity index (χ2n) is 7.57. The summed E-state index contributed by atoms with van der Waals surface area (Å²) in [6.07, 6.45) is 1.69. The van der Waals surface area contributed by atoms with Crippen molar-refractivity contribution in [3.8, 4) is 0 Å². The maximum atomic E-state index is 12.9. The van der Waals surface area contributed by atoms with E-state index >= 15 is 0 Å². The second kappa shape index (κ2) is 9.74. The van der Waals surface area contributed by atoms with Crippen LogP contribution in [0.3, 0.4) is 0 Å². The number of nitrogens with one attached hydrogen (secondary N) is 2. The van der Waals surface area contributed by atoms with Gasteiger partial charge in [-0.15, -0.1) is 0 Å². The molecule has 1 heterocycles. The Morgan fingerprint density at radius 2 is 1.79 bits per heavy atom.